The van der Waals surface area contributed by atoms with Crippen molar-refractivity contribution in [3.05, 3.63) is 6.33 Å². The number of hydrogen-bond donors (Lipinski definition) is 2. The first-order chi connectivity index (χ1) is 6.81. The highest BCUT2D eigenvalue weighted by atomic mass is 16.5. The van der Waals surface area contributed by atoms with Crippen LogP contribution in [0.4, 0.5) is 5.95 Å². The van der Waals surface area contributed by atoms with Crippen LogP contribution in [0.3, 0.4) is 0 Å². The highest BCUT2D eigenvalue weighted by molar-refractivity contribution is 5.74. The second-order valence-electron chi connectivity index (χ2n) is 2.50. The van der Waals surface area contributed by atoms with E-state index in [0.29, 0.717) is 17.0 Å². The third kappa shape index (κ3) is 1.29. The van der Waals surface area contributed by atoms with Crippen molar-refractivity contribution >= 4 is 17.1 Å². The molecule has 0 saturated carbocycles. The summed E-state index contributed by atoms with van der Waals surface area (Å²) in [6.07, 6.45) is 1.48. The average molecular weight is 191 g/mol. The number of aromatic amines is 2. The van der Waals surface area contributed by atoms with Crippen molar-refractivity contribution in [3.63, 3.8) is 0 Å². The van der Waals surface area contributed by atoms with Crippen LogP contribution in [0, 0.1) is 11.3 Å². The van der Waals surface area contributed by atoms with Crippen LogP contribution in [0.25, 0.3) is 11.2 Å². The lowest BCUT2D eigenvalue weighted by Crippen LogP contribution is -2.17. The van der Waals surface area contributed by atoms with Crippen LogP contribution in [-0.4, -0.2) is 21.6 Å². The molecule has 2 rings (SSSR count). The van der Waals surface area contributed by atoms with Crippen LogP contribution in [0.15, 0.2) is 6.33 Å². The Kier molecular flexibility index (Phi) is 1.87. The number of rotatable bonds is 2. The largest absolute Gasteiger partial charge is 0.451 e. The van der Waals surface area contributed by atoms with Gasteiger partial charge in [-0.1, -0.05) is 0 Å². The SMILES string of the molecule is N#CCOc1[nH+]c(N)nc2nc[nH]c12. The van der Waals surface area contributed by atoms with Crippen LogP contribution < -0.4 is 15.5 Å². The van der Waals surface area contributed by atoms with Gasteiger partial charge in [-0.2, -0.15) is 5.26 Å². The van der Waals surface area contributed by atoms with Crippen molar-refractivity contribution in [1.29, 1.82) is 5.26 Å². The first-order valence-electron chi connectivity index (χ1n) is 3.83. The summed E-state index contributed by atoms with van der Waals surface area (Å²) < 4.78 is 5.10. The molecular formula is C7H7N6O+. The van der Waals surface area contributed by atoms with Gasteiger partial charge < -0.3 is 9.72 Å². The van der Waals surface area contributed by atoms with E-state index in [1.54, 1.807) is 0 Å². The van der Waals surface area contributed by atoms with Crippen LogP contribution >= 0.6 is 0 Å². The number of H-pyrrole nitrogens is 2. The number of aromatic nitrogens is 4. The predicted molar refractivity (Wildman–Crippen MR) is 46.0 cm³/mol. The molecule has 14 heavy (non-hydrogen) atoms. The Hall–Kier alpha value is -2.36. The van der Waals surface area contributed by atoms with E-state index < -0.39 is 0 Å². The number of nitrogen functional groups attached to an aromatic ring is 1. The van der Waals surface area contributed by atoms with Gasteiger partial charge in [0, 0.05) is 0 Å². The first-order valence-corrected chi connectivity index (χ1v) is 3.83. The molecule has 2 aromatic rings. The molecule has 0 fully saturated rings. The fraction of sp³-hybridized carbons (Fsp3) is 0.143. The van der Waals surface area contributed by atoms with E-state index in [4.69, 9.17) is 15.7 Å². The molecule has 0 bridgehead atoms. The van der Waals surface area contributed by atoms with Crippen LogP contribution in [-0.2, 0) is 0 Å². The minimum atomic E-state index is -0.0614. The summed E-state index contributed by atoms with van der Waals surface area (Å²) in [6, 6.07) is 1.85. The lowest BCUT2D eigenvalue weighted by Gasteiger charge is -1.97. The molecule has 2 heterocycles. The maximum Gasteiger partial charge on any atom is 0.392 e. The second-order valence-corrected chi connectivity index (χ2v) is 2.50. The van der Waals surface area contributed by atoms with Gasteiger partial charge in [0.2, 0.25) is 0 Å². The molecule has 0 spiro atoms. The molecule has 0 atom stereocenters. The Balaban J connectivity index is 2.51. The monoisotopic (exact) mass is 191 g/mol. The molecular weight excluding hydrogens is 184 g/mol. The smallest absolute Gasteiger partial charge is 0.392 e. The highest BCUT2D eigenvalue weighted by Crippen LogP contribution is 2.15. The van der Waals surface area contributed by atoms with E-state index in [0.717, 1.165) is 0 Å². The van der Waals surface area contributed by atoms with Crippen molar-refractivity contribution in [2.75, 3.05) is 12.3 Å². The van der Waals surface area contributed by atoms with Crippen LogP contribution in [0.1, 0.15) is 0 Å². The molecule has 0 aliphatic carbocycles. The molecule has 0 aromatic carbocycles. The van der Waals surface area contributed by atoms with Crippen molar-refractivity contribution in [1.82, 2.24) is 15.0 Å². The number of nitriles is 1. The van der Waals surface area contributed by atoms with E-state index in [1.807, 2.05) is 6.07 Å². The topological polar surface area (TPSA) is 115 Å². The molecule has 7 nitrogen and oxygen atoms in total. The fourth-order valence-electron chi connectivity index (χ4n) is 1.07. The number of nitrogens with zero attached hydrogens (tertiary/aromatic N) is 3. The number of fused-ring (bicyclic) bond motifs is 1. The molecule has 70 valence electrons. The van der Waals surface area contributed by atoms with Gasteiger partial charge >= 0.3 is 5.95 Å². The zero-order valence-electron chi connectivity index (χ0n) is 7.11. The van der Waals surface area contributed by atoms with E-state index in [-0.39, 0.29) is 12.6 Å². The summed E-state index contributed by atoms with van der Waals surface area (Å²) in [5.41, 5.74) is 6.52. The molecule has 7 heteroatoms. The highest BCUT2D eigenvalue weighted by Gasteiger charge is 2.13. The number of nitrogens with two attached hydrogens (primary N) is 1. The maximum absolute atomic E-state index is 8.36. The molecule has 0 saturated heterocycles. The van der Waals surface area contributed by atoms with Crippen molar-refractivity contribution < 1.29 is 9.72 Å². The average Bonchev–Trinajstić information content (AvgIpc) is 2.61. The Labute approximate surface area is 78.6 Å². The van der Waals surface area contributed by atoms with Crippen LogP contribution in [0.2, 0.25) is 0 Å². The minimum absolute atomic E-state index is 0.0614. The van der Waals surface area contributed by atoms with Gasteiger partial charge in [-0.05, 0) is 4.98 Å². The Morgan fingerprint density at radius 1 is 1.71 bits per heavy atom. The first kappa shape index (κ1) is 8.25. The third-order valence-electron chi connectivity index (χ3n) is 1.60. The zero-order chi connectivity index (χ0) is 9.97. The number of hydrogen-bond acceptors (Lipinski definition) is 5. The fourth-order valence-corrected chi connectivity index (χ4v) is 1.07. The molecule has 0 unspecified atom stereocenters. The maximum atomic E-state index is 8.36. The Morgan fingerprint density at radius 2 is 2.57 bits per heavy atom. The van der Waals surface area contributed by atoms with E-state index >= 15 is 0 Å². The molecule has 0 aliphatic rings. The van der Waals surface area contributed by atoms with Gasteiger partial charge in [0.1, 0.15) is 6.07 Å². The molecule has 0 amide bonds. The Bertz CT molecular complexity index is 498. The Morgan fingerprint density at radius 3 is 3.36 bits per heavy atom. The van der Waals surface area contributed by atoms with E-state index in [9.17, 15) is 0 Å². The number of ether oxygens (including phenoxy) is 1. The molecule has 2 aromatic heterocycles. The zero-order valence-corrected chi connectivity index (χ0v) is 7.11. The van der Waals surface area contributed by atoms with E-state index in [2.05, 4.69) is 19.9 Å². The normalized spacial score (nSPS) is 9.93. The summed E-state index contributed by atoms with van der Waals surface area (Å²) in [7, 11) is 0. The van der Waals surface area contributed by atoms with Crippen molar-refractivity contribution in [3.8, 4) is 11.9 Å². The second kappa shape index (κ2) is 3.18. The summed E-state index contributed by atoms with van der Waals surface area (Å²) in [6.45, 7) is -0.0614. The minimum Gasteiger partial charge on any atom is -0.451 e. The van der Waals surface area contributed by atoms with Gasteiger partial charge in [-0.15, -0.1) is 0 Å². The number of nitrogens with one attached hydrogen (secondary N) is 2. The lowest BCUT2D eigenvalue weighted by atomic mass is 10.5. The van der Waals surface area contributed by atoms with Gasteiger partial charge in [0.25, 0.3) is 11.5 Å². The van der Waals surface area contributed by atoms with Crippen molar-refractivity contribution in [2.24, 2.45) is 0 Å². The standard InChI is InChI=1S/C7H6N6O/c8-1-2-14-6-4-5(11-3-10-4)12-7(9)13-6/h3H,2H2,(H3,9,10,11,12,13)/p+1. The van der Waals surface area contributed by atoms with Crippen LogP contribution in [0.5, 0.6) is 5.88 Å². The van der Waals surface area contributed by atoms with Gasteiger partial charge in [-0.25, -0.2) is 9.97 Å². The summed E-state index contributed by atoms with van der Waals surface area (Å²) in [5.74, 6) is 0.559. The number of anilines is 1. The molecule has 4 N–H and O–H groups in total. The van der Waals surface area contributed by atoms with Gasteiger partial charge in [0.15, 0.2) is 12.1 Å². The quantitative estimate of drug-likeness (QED) is 0.648. The molecule has 0 radical (unpaired) electrons. The number of imidazole rings is 1. The molecule has 0 aliphatic heterocycles. The summed E-state index contributed by atoms with van der Waals surface area (Å²) in [4.78, 5) is 13.4. The third-order valence-corrected chi connectivity index (χ3v) is 1.60. The van der Waals surface area contributed by atoms with Crippen molar-refractivity contribution in [2.45, 2.75) is 0 Å². The predicted octanol–water partition coefficient (Wildman–Crippen LogP) is -0.743. The van der Waals surface area contributed by atoms with Gasteiger partial charge in [-0.3, -0.25) is 5.73 Å². The lowest BCUT2D eigenvalue weighted by molar-refractivity contribution is -0.378. The summed E-state index contributed by atoms with van der Waals surface area (Å²) >= 11 is 0. The van der Waals surface area contributed by atoms with E-state index in [1.165, 1.54) is 6.33 Å². The summed E-state index contributed by atoms with van der Waals surface area (Å²) in [5, 5.41) is 8.36. The van der Waals surface area contributed by atoms with Gasteiger partial charge in [0.05, 0.1) is 6.33 Å².